The Morgan fingerprint density at radius 2 is 1.94 bits per heavy atom. The van der Waals surface area contributed by atoms with Gasteiger partial charge in [0, 0.05) is 50.2 Å². The summed E-state index contributed by atoms with van der Waals surface area (Å²) < 4.78 is 5.49. The van der Waals surface area contributed by atoms with Crippen LogP contribution in [0.5, 0.6) is 5.75 Å². The van der Waals surface area contributed by atoms with E-state index in [1.807, 2.05) is 20.2 Å². The Bertz CT molecular complexity index is 912. The smallest absolute Gasteiger partial charge is 0.225 e. The van der Waals surface area contributed by atoms with E-state index in [9.17, 15) is 4.79 Å². The van der Waals surface area contributed by atoms with Crippen molar-refractivity contribution in [3.8, 4) is 5.75 Å². The standard InChI is InChI=1S/C25H34N4O2/c1-18-5-8-20(9-6-18)28-13-14-29-23-16-21(31-4)10-7-19(23)15-22(24(29)17-28)25(30)26-11-12-27(2)3/h5-10,16,22,24H,11-15,17H2,1-4H3,(H,26,30)/t22-,24+/m1/s1. The molecule has 4 rings (SSSR count). The third-order valence-corrected chi connectivity index (χ3v) is 6.52. The van der Waals surface area contributed by atoms with Crippen LogP contribution in [0, 0.1) is 12.8 Å². The van der Waals surface area contributed by atoms with Gasteiger partial charge in [-0.3, -0.25) is 4.79 Å². The average molecular weight is 423 g/mol. The fourth-order valence-electron chi connectivity index (χ4n) is 4.73. The molecule has 6 nitrogen and oxygen atoms in total. The molecule has 2 aliphatic rings. The molecular weight excluding hydrogens is 388 g/mol. The van der Waals surface area contributed by atoms with Crippen molar-refractivity contribution in [2.24, 2.45) is 5.92 Å². The molecule has 0 aromatic heterocycles. The number of amides is 1. The number of ether oxygens (including phenoxy) is 1. The number of aryl methyl sites for hydroxylation is 1. The zero-order valence-electron chi connectivity index (χ0n) is 19.1. The van der Waals surface area contributed by atoms with E-state index in [0.717, 1.165) is 38.3 Å². The summed E-state index contributed by atoms with van der Waals surface area (Å²) in [7, 11) is 5.76. The molecule has 1 N–H and O–H groups in total. The topological polar surface area (TPSA) is 48.1 Å². The Morgan fingerprint density at radius 3 is 2.65 bits per heavy atom. The predicted molar refractivity (Wildman–Crippen MR) is 126 cm³/mol. The van der Waals surface area contributed by atoms with E-state index in [1.54, 1.807) is 7.11 Å². The zero-order valence-corrected chi connectivity index (χ0v) is 19.1. The molecule has 166 valence electrons. The Morgan fingerprint density at radius 1 is 1.16 bits per heavy atom. The lowest BCUT2D eigenvalue weighted by Gasteiger charge is -2.49. The van der Waals surface area contributed by atoms with Gasteiger partial charge in [0.1, 0.15) is 5.75 Å². The van der Waals surface area contributed by atoms with Crippen LogP contribution in [0.25, 0.3) is 0 Å². The number of benzene rings is 2. The Labute approximate surface area is 185 Å². The third-order valence-electron chi connectivity index (χ3n) is 6.52. The maximum atomic E-state index is 13.3. The molecule has 2 heterocycles. The fourth-order valence-corrected chi connectivity index (χ4v) is 4.73. The Hall–Kier alpha value is -2.73. The molecule has 2 aromatic carbocycles. The van der Waals surface area contributed by atoms with E-state index in [0.29, 0.717) is 6.54 Å². The molecule has 0 spiro atoms. The first-order valence-corrected chi connectivity index (χ1v) is 11.1. The van der Waals surface area contributed by atoms with Gasteiger partial charge >= 0.3 is 0 Å². The van der Waals surface area contributed by atoms with Crippen molar-refractivity contribution in [2.75, 3.05) is 63.7 Å². The second-order valence-corrected chi connectivity index (χ2v) is 8.94. The van der Waals surface area contributed by atoms with E-state index >= 15 is 0 Å². The largest absolute Gasteiger partial charge is 0.497 e. The van der Waals surface area contributed by atoms with Crippen LogP contribution >= 0.6 is 0 Å². The second kappa shape index (κ2) is 9.18. The van der Waals surface area contributed by atoms with E-state index in [4.69, 9.17) is 4.74 Å². The van der Waals surface area contributed by atoms with Gasteiger partial charge in [-0.15, -0.1) is 0 Å². The van der Waals surface area contributed by atoms with Crippen LogP contribution in [0.4, 0.5) is 11.4 Å². The lowest BCUT2D eigenvalue weighted by molar-refractivity contribution is -0.125. The van der Waals surface area contributed by atoms with Crippen molar-refractivity contribution in [3.63, 3.8) is 0 Å². The highest BCUT2D eigenvalue weighted by molar-refractivity contribution is 5.82. The fraction of sp³-hybridized carbons (Fsp3) is 0.480. The molecule has 2 atom stereocenters. The molecule has 0 bridgehead atoms. The molecule has 2 aliphatic heterocycles. The first-order valence-electron chi connectivity index (χ1n) is 11.1. The number of hydrogen-bond donors (Lipinski definition) is 1. The van der Waals surface area contributed by atoms with Gasteiger partial charge < -0.3 is 24.8 Å². The molecule has 2 aromatic rings. The minimum absolute atomic E-state index is 0.0729. The number of likely N-dealkylation sites (N-methyl/N-ethyl adjacent to an activating group) is 1. The molecule has 1 fully saturated rings. The summed E-state index contributed by atoms with van der Waals surface area (Å²) in [5.74, 6) is 0.952. The molecular formula is C25H34N4O2. The van der Waals surface area contributed by atoms with Crippen molar-refractivity contribution in [2.45, 2.75) is 19.4 Å². The molecule has 31 heavy (non-hydrogen) atoms. The molecule has 1 saturated heterocycles. The lowest BCUT2D eigenvalue weighted by Crippen LogP contribution is -2.61. The van der Waals surface area contributed by atoms with Gasteiger partial charge in [0.15, 0.2) is 0 Å². The first-order chi connectivity index (χ1) is 15.0. The molecule has 0 saturated carbocycles. The van der Waals surface area contributed by atoms with Crippen LogP contribution < -0.4 is 19.9 Å². The second-order valence-electron chi connectivity index (χ2n) is 8.94. The number of carbonyl (C=O) groups is 1. The highest BCUT2D eigenvalue weighted by Crippen LogP contribution is 2.38. The summed E-state index contributed by atoms with van der Waals surface area (Å²) >= 11 is 0. The number of piperazine rings is 1. The number of nitrogens with one attached hydrogen (secondary N) is 1. The van der Waals surface area contributed by atoms with Gasteiger partial charge in [0.05, 0.1) is 19.1 Å². The van der Waals surface area contributed by atoms with Gasteiger partial charge in [-0.05, 0) is 51.2 Å². The van der Waals surface area contributed by atoms with Crippen LogP contribution in [0.3, 0.4) is 0 Å². The zero-order chi connectivity index (χ0) is 22.0. The van der Waals surface area contributed by atoms with Crippen molar-refractivity contribution in [3.05, 3.63) is 53.6 Å². The van der Waals surface area contributed by atoms with Crippen molar-refractivity contribution in [1.82, 2.24) is 10.2 Å². The van der Waals surface area contributed by atoms with E-state index in [1.165, 1.54) is 22.5 Å². The van der Waals surface area contributed by atoms with Crippen molar-refractivity contribution in [1.29, 1.82) is 0 Å². The number of rotatable bonds is 6. The van der Waals surface area contributed by atoms with E-state index in [-0.39, 0.29) is 17.9 Å². The van der Waals surface area contributed by atoms with Crippen LogP contribution in [-0.4, -0.2) is 70.8 Å². The van der Waals surface area contributed by atoms with E-state index < -0.39 is 0 Å². The minimum Gasteiger partial charge on any atom is -0.497 e. The molecule has 0 unspecified atom stereocenters. The minimum atomic E-state index is -0.0729. The van der Waals surface area contributed by atoms with E-state index in [2.05, 4.69) is 63.3 Å². The lowest BCUT2D eigenvalue weighted by atomic mass is 9.83. The van der Waals surface area contributed by atoms with Gasteiger partial charge in [-0.25, -0.2) is 0 Å². The third kappa shape index (κ3) is 4.64. The van der Waals surface area contributed by atoms with Crippen molar-refractivity contribution < 1.29 is 9.53 Å². The first kappa shape index (κ1) is 21.5. The summed E-state index contributed by atoms with van der Waals surface area (Å²) in [5, 5.41) is 3.18. The predicted octanol–water partition coefficient (Wildman–Crippen LogP) is 2.55. The number of carbonyl (C=O) groups excluding carboxylic acids is 1. The van der Waals surface area contributed by atoms with Crippen LogP contribution in [0.1, 0.15) is 11.1 Å². The normalized spacial score (nSPS) is 20.3. The van der Waals surface area contributed by atoms with Crippen LogP contribution in [0.2, 0.25) is 0 Å². The average Bonchev–Trinajstić information content (AvgIpc) is 2.78. The summed E-state index contributed by atoms with van der Waals surface area (Å²) in [6.45, 7) is 6.29. The molecule has 6 heteroatoms. The molecule has 0 radical (unpaired) electrons. The SMILES string of the molecule is COc1ccc2c(c1)N1CCN(c3ccc(C)cc3)C[C@H]1[C@H](C(=O)NCCN(C)C)C2. The maximum Gasteiger partial charge on any atom is 0.225 e. The van der Waals surface area contributed by atoms with Gasteiger partial charge in [0.2, 0.25) is 5.91 Å². The van der Waals surface area contributed by atoms with Crippen LogP contribution in [0.15, 0.2) is 42.5 Å². The highest BCUT2D eigenvalue weighted by atomic mass is 16.5. The summed E-state index contributed by atoms with van der Waals surface area (Å²) in [5.41, 5.74) is 4.94. The summed E-state index contributed by atoms with van der Waals surface area (Å²) in [6.07, 6.45) is 0.760. The van der Waals surface area contributed by atoms with Crippen molar-refractivity contribution >= 4 is 17.3 Å². The number of methoxy groups -OCH3 is 1. The molecule has 1 amide bonds. The quantitative estimate of drug-likeness (QED) is 0.775. The number of hydrogen-bond acceptors (Lipinski definition) is 5. The van der Waals surface area contributed by atoms with Gasteiger partial charge in [-0.1, -0.05) is 23.8 Å². The monoisotopic (exact) mass is 422 g/mol. The summed E-state index contributed by atoms with van der Waals surface area (Å²) in [4.78, 5) is 20.2. The highest BCUT2D eigenvalue weighted by Gasteiger charge is 2.41. The molecule has 0 aliphatic carbocycles. The number of fused-ring (bicyclic) bond motifs is 3. The Kier molecular flexibility index (Phi) is 6.37. The number of nitrogens with zero attached hydrogens (tertiary/aromatic N) is 3. The van der Waals surface area contributed by atoms with Gasteiger partial charge in [0.25, 0.3) is 0 Å². The maximum absolute atomic E-state index is 13.3. The summed E-state index contributed by atoms with van der Waals surface area (Å²) in [6, 6.07) is 15.1. The number of anilines is 2. The van der Waals surface area contributed by atoms with Gasteiger partial charge in [-0.2, -0.15) is 0 Å². The Balaban J connectivity index is 1.60. The van der Waals surface area contributed by atoms with Crippen LogP contribution in [-0.2, 0) is 11.2 Å².